The van der Waals surface area contributed by atoms with E-state index in [2.05, 4.69) is 27.7 Å². The lowest BCUT2D eigenvalue weighted by Gasteiger charge is -2.56. The van der Waals surface area contributed by atoms with E-state index in [-0.39, 0.29) is 85.0 Å². The van der Waals surface area contributed by atoms with Crippen molar-refractivity contribution in [3.63, 3.8) is 0 Å². The first-order valence-electron chi connectivity index (χ1n) is 23.8. The van der Waals surface area contributed by atoms with E-state index >= 15 is 0 Å². The number of aliphatic hydroxyl groups excluding tert-OH is 1. The third-order valence-electron chi connectivity index (χ3n) is 17.3. The van der Waals surface area contributed by atoms with Gasteiger partial charge in [-0.2, -0.15) is 0 Å². The maximum Gasteiger partial charge on any atom is 0.311 e. The number of hydrogen-bond donors (Lipinski definition) is 4. The van der Waals surface area contributed by atoms with Gasteiger partial charge in [-0.25, -0.2) is 0 Å². The SMILES string of the molecule is CO[C@H]1CC[C@@H](O[C@H]2[C@H](C)[C@@H]([C@H]3CC[C@H]([C@@H]4CC[C@H]([C@]5(C)C[C@@H](C)[C@@]6(O[C@H](C[C@@H]7O[C@](O)([C@@H](C)C(=O)O)[C@@H](C)[C@H](O)[C@@]7(C)OC)C[C@@H](OC)[C@H]6C)O5)O4)O3)O[C@](C)(O)[C@@H]2C)O[C@@H]1C. The highest BCUT2D eigenvalue weighted by atomic mass is 16.7. The summed E-state index contributed by atoms with van der Waals surface area (Å²) in [4.78, 5) is 12.1. The van der Waals surface area contributed by atoms with E-state index in [1.807, 2.05) is 13.8 Å². The molecule has 7 rings (SSSR count). The van der Waals surface area contributed by atoms with Crippen LogP contribution in [0.3, 0.4) is 0 Å². The van der Waals surface area contributed by atoms with Crippen LogP contribution in [0.1, 0.15) is 127 Å². The molecule has 0 radical (unpaired) electrons. The Morgan fingerprint density at radius 3 is 2.06 bits per heavy atom. The zero-order chi connectivity index (χ0) is 46.2. The number of carboxylic acids is 1. The van der Waals surface area contributed by atoms with Crippen LogP contribution in [0.25, 0.3) is 0 Å². The molecule has 0 aromatic rings. The Kier molecular flexibility index (Phi) is 14.6. The topological polar surface area (TPSA) is 200 Å². The molecule has 0 aliphatic carbocycles. The Balaban J connectivity index is 1.01. The molecule has 7 aliphatic rings. The van der Waals surface area contributed by atoms with Gasteiger partial charge in [-0.15, -0.1) is 0 Å². The summed E-state index contributed by atoms with van der Waals surface area (Å²) in [6, 6.07) is 0. The molecule has 0 saturated carbocycles. The molecule has 0 unspecified atom stereocenters. The number of aliphatic carboxylic acids is 1. The molecule has 24 atom stereocenters. The summed E-state index contributed by atoms with van der Waals surface area (Å²) in [5.74, 6) is -8.74. The molecule has 7 saturated heterocycles. The normalized spacial score (nSPS) is 54.7. The Labute approximate surface area is 374 Å². The van der Waals surface area contributed by atoms with Crippen molar-refractivity contribution in [2.45, 2.75) is 235 Å². The standard InChI is InChI=1S/C47H80O16/c1-23-22-43(8,63-47(23)25(3)35(54-12)20-30(60-47)21-37-44(9,55-13)41(48)27(5)46(52,61-37)28(6)42(49)50)36-18-16-33(58-36)32-14-15-34(57-32)40-24(2)39(26(4)45(10,51)62-40)59-38-19-17-31(53-11)29(7)56-38/h23-41,48,51-52H,14-22H2,1-13H3,(H,49,50)/t23-,24+,25-,26-,27+,28+,29-,30+,31+,32-,33+,34-,35-,36-,37+,38-,39+,40+,41+,43+,44+,45+,46+,47-/m1/s1. The van der Waals surface area contributed by atoms with Gasteiger partial charge in [0.1, 0.15) is 11.5 Å². The minimum atomic E-state index is -2.15. The lowest BCUT2D eigenvalue weighted by Crippen LogP contribution is -2.70. The van der Waals surface area contributed by atoms with Crippen molar-refractivity contribution in [3.05, 3.63) is 0 Å². The van der Waals surface area contributed by atoms with Crippen LogP contribution in [-0.4, -0.2) is 156 Å². The third-order valence-corrected chi connectivity index (χ3v) is 17.3. The Hall–Kier alpha value is -1.09. The van der Waals surface area contributed by atoms with Gasteiger partial charge in [-0.05, 0) is 73.1 Å². The predicted molar refractivity (Wildman–Crippen MR) is 226 cm³/mol. The molecule has 16 heteroatoms. The molecule has 1 spiro atoms. The first-order valence-corrected chi connectivity index (χ1v) is 23.8. The molecule has 364 valence electrons. The summed E-state index contributed by atoms with van der Waals surface area (Å²) >= 11 is 0. The predicted octanol–water partition coefficient (Wildman–Crippen LogP) is 4.94. The Morgan fingerprint density at radius 1 is 0.778 bits per heavy atom. The highest BCUT2D eigenvalue weighted by Gasteiger charge is 2.66. The van der Waals surface area contributed by atoms with Crippen LogP contribution in [0.2, 0.25) is 0 Å². The van der Waals surface area contributed by atoms with Crippen molar-refractivity contribution in [3.8, 4) is 0 Å². The lowest BCUT2D eigenvalue weighted by molar-refractivity contribution is -0.382. The largest absolute Gasteiger partial charge is 0.481 e. The number of aliphatic hydroxyl groups is 3. The summed E-state index contributed by atoms with van der Waals surface area (Å²) in [5.41, 5.74) is -1.98. The van der Waals surface area contributed by atoms with Gasteiger partial charge < -0.3 is 72.5 Å². The molecule has 0 aromatic carbocycles. The number of ether oxygens (including phenoxy) is 11. The monoisotopic (exact) mass is 901 g/mol. The van der Waals surface area contributed by atoms with E-state index in [1.54, 1.807) is 35.0 Å². The van der Waals surface area contributed by atoms with E-state index in [0.717, 1.165) is 32.1 Å². The van der Waals surface area contributed by atoms with E-state index in [1.165, 1.54) is 14.0 Å². The number of carboxylic acid groups (broad SMARTS) is 1. The van der Waals surface area contributed by atoms with Crippen molar-refractivity contribution in [1.82, 2.24) is 0 Å². The summed E-state index contributed by atoms with van der Waals surface area (Å²) in [7, 11) is 4.87. The fourth-order valence-electron chi connectivity index (χ4n) is 12.7. The maximum absolute atomic E-state index is 12.1. The van der Waals surface area contributed by atoms with Gasteiger partial charge in [0.25, 0.3) is 0 Å². The minimum absolute atomic E-state index is 0.0302. The third kappa shape index (κ3) is 8.81. The van der Waals surface area contributed by atoms with Crippen molar-refractivity contribution in [2.24, 2.45) is 35.5 Å². The highest BCUT2D eigenvalue weighted by molar-refractivity contribution is 5.70. The van der Waals surface area contributed by atoms with Gasteiger partial charge in [-0.1, -0.05) is 34.6 Å². The molecule has 7 heterocycles. The van der Waals surface area contributed by atoms with Crippen molar-refractivity contribution < 1.29 is 77.3 Å². The molecule has 4 N–H and O–H groups in total. The van der Waals surface area contributed by atoms with Gasteiger partial charge in [0, 0.05) is 70.2 Å². The summed E-state index contributed by atoms with van der Waals surface area (Å²) in [6.07, 6.45) is 1.17. The highest BCUT2D eigenvalue weighted by Crippen LogP contribution is 2.56. The van der Waals surface area contributed by atoms with E-state index in [0.29, 0.717) is 19.3 Å². The van der Waals surface area contributed by atoms with E-state index < -0.39 is 71.0 Å². The van der Waals surface area contributed by atoms with Gasteiger partial charge >= 0.3 is 5.97 Å². The Bertz CT molecular complexity index is 1580. The molecule has 7 fully saturated rings. The molecule has 0 amide bonds. The lowest BCUT2D eigenvalue weighted by atomic mass is 9.72. The smallest absolute Gasteiger partial charge is 0.311 e. The fourth-order valence-corrected chi connectivity index (χ4v) is 12.7. The number of rotatable bonds is 12. The van der Waals surface area contributed by atoms with Crippen molar-refractivity contribution >= 4 is 5.97 Å². The van der Waals surface area contributed by atoms with Crippen LogP contribution in [0.5, 0.6) is 0 Å². The second kappa shape index (κ2) is 18.4. The average Bonchev–Trinajstić information content (AvgIpc) is 3.99. The summed E-state index contributed by atoms with van der Waals surface area (Å²) in [5, 5.41) is 44.7. The van der Waals surface area contributed by atoms with Gasteiger partial charge in [-0.3, -0.25) is 4.79 Å². The zero-order valence-electron chi connectivity index (χ0n) is 40.0. The second-order valence-corrected chi connectivity index (χ2v) is 21.1. The van der Waals surface area contributed by atoms with Crippen molar-refractivity contribution in [1.29, 1.82) is 0 Å². The minimum Gasteiger partial charge on any atom is -0.481 e. The van der Waals surface area contributed by atoms with Crippen LogP contribution in [0.4, 0.5) is 0 Å². The van der Waals surface area contributed by atoms with Crippen LogP contribution >= 0.6 is 0 Å². The number of methoxy groups -OCH3 is 3. The van der Waals surface area contributed by atoms with E-state index in [4.69, 9.17) is 52.1 Å². The molecular formula is C47H80O16. The second-order valence-electron chi connectivity index (χ2n) is 21.1. The summed E-state index contributed by atoms with van der Waals surface area (Å²) in [6.45, 7) is 18.8. The quantitative estimate of drug-likeness (QED) is 0.205. The van der Waals surface area contributed by atoms with Crippen LogP contribution in [-0.2, 0) is 56.9 Å². The fraction of sp³-hybridized carbons (Fsp3) is 0.979. The summed E-state index contributed by atoms with van der Waals surface area (Å²) < 4.78 is 71.3. The first-order chi connectivity index (χ1) is 29.5. The van der Waals surface area contributed by atoms with Gasteiger partial charge in [0.05, 0.1) is 78.8 Å². The van der Waals surface area contributed by atoms with Crippen LogP contribution in [0.15, 0.2) is 0 Å². The molecule has 0 aromatic heterocycles. The molecular weight excluding hydrogens is 821 g/mol. The van der Waals surface area contributed by atoms with Crippen LogP contribution < -0.4 is 0 Å². The van der Waals surface area contributed by atoms with E-state index in [9.17, 15) is 25.2 Å². The zero-order valence-corrected chi connectivity index (χ0v) is 40.0. The molecule has 16 nitrogen and oxygen atoms in total. The van der Waals surface area contributed by atoms with Gasteiger partial charge in [0.2, 0.25) is 0 Å². The Morgan fingerprint density at radius 2 is 1.43 bits per heavy atom. The number of hydrogen-bond acceptors (Lipinski definition) is 15. The maximum atomic E-state index is 12.1. The van der Waals surface area contributed by atoms with Crippen LogP contribution in [0, 0.1) is 35.5 Å². The van der Waals surface area contributed by atoms with Crippen molar-refractivity contribution in [2.75, 3.05) is 21.3 Å². The molecule has 7 aliphatic heterocycles. The van der Waals surface area contributed by atoms with Gasteiger partial charge in [0.15, 0.2) is 23.7 Å². The average molecular weight is 901 g/mol. The first kappa shape index (κ1) is 49.8. The molecule has 0 bridgehead atoms. The molecule has 63 heavy (non-hydrogen) atoms. The number of carbonyl (C=O) groups is 1.